The van der Waals surface area contributed by atoms with E-state index in [4.69, 9.17) is 27.6 Å². The number of amides is 1. The second kappa shape index (κ2) is 7.48. The summed E-state index contributed by atoms with van der Waals surface area (Å²) in [6.45, 7) is 0. The fourth-order valence-electron chi connectivity index (χ4n) is 3.41. The highest BCUT2D eigenvalue weighted by atomic mass is 35.5. The summed E-state index contributed by atoms with van der Waals surface area (Å²) in [5.74, 6) is 0.250. The molecule has 0 aliphatic heterocycles. The lowest BCUT2D eigenvalue weighted by molar-refractivity contribution is 0.102. The lowest BCUT2D eigenvalue weighted by atomic mass is 10.0. The highest BCUT2D eigenvalue weighted by Crippen LogP contribution is 2.34. The van der Waals surface area contributed by atoms with Crippen molar-refractivity contribution >= 4 is 56.7 Å². The third-order valence-corrected chi connectivity index (χ3v) is 5.40. The minimum absolute atomic E-state index is 0.246. The van der Waals surface area contributed by atoms with Crippen LogP contribution in [0.2, 0.25) is 10.0 Å². The van der Waals surface area contributed by atoms with Crippen molar-refractivity contribution in [3.8, 4) is 11.5 Å². The molecule has 0 unspecified atom stereocenters. The van der Waals surface area contributed by atoms with Crippen LogP contribution < -0.4 is 5.32 Å². The molecule has 0 atom stereocenters. The molecule has 5 rings (SSSR count). The van der Waals surface area contributed by atoms with Crippen molar-refractivity contribution in [2.24, 2.45) is 0 Å². The first-order chi connectivity index (χ1) is 14.6. The van der Waals surface area contributed by atoms with Crippen molar-refractivity contribution in [2.45, 2.75) is 0 Å². The number of fused-ring (bicyclic) bond motifs is 2. The number of carbonyl (C=O) groups excluding carboxylic acids is 1. The van der Waals surface area contributed by atoms with Crippen molar-refractivity contribution in [2.75, 3.05) is 5.32 Å². The number of oxazole rings is 1. The highest BCUT2D eigenvalue weighted by molar-refractivity contribution is 6.35. The molecular formula is C24H14Cl2N2O2. The lowest BCUT2D eigenvalue weighted by Crippen LogP contribution is -2.11. The summed E-state index contributed by atoms with van der Waals surface area (Å²) in [7, 11) is 0. The smallest absolute Gasteiger partial charge is 0.255 e. The zero-order valence-corrected chi connectivity index (χ0v) is 17.0. The van der Waals surface area contributed by atoms with Gasteiger partial charge in [-0.25, -0.2) is 4.98 Å². The Morgan fingerprint density at radius 2 is 1.67 bits per heavy atom. The normalized spacial score (nSPS) is 11.1. The number of rotatable bonds is 3. The van der Waals surface area contributed by atoms with Crippen LogP contribution in [-0.4, -0.2) is 10.9 Å². The van der Waals surface area contributed by atoms with Gasteiger partial charge in [0, 0.05) is 32.2 Å². The van der Waals surface area contributed by atoms with Crippen LogP contribution in [0.3, 0.4) is 0 Å². The molecule has 0 bridgehead atoms. The number of hydrogen-bond acceptors (Lipinski definition) is 3. The maximum absolute atomic E-state index is 12.5. The predicted octanol–water partition coefficient (Wildman–Crippen LogP) is 7.21. The molecule has 0 saturated heterocycles. The first-order valence-corrected chi connectivity index (χ1v) is 9.99. The van der Waals surface area contributed by atoms with E-state index in [-0.39, 0.29) is 5.91 Å². The zero-order valence-electron chi connectivity index (χ0n) is 15.5. The van der Waals surface area contributed by atoms with Crippen LogP contribution in [0, 0.1) is 0 Å². The Morgan fingerprint density at radius 1 is 0.867 bits per heavy atom. The van der Waals surface area contributed by atoms with Gasteiger partial charge in [0.15, 0.2) is 5.58 Å². The van der Waals surface area contributed by atoms with Crippen LogP contribution in [0.5, 0.6) is 0 Å². The molecule has 4 nitrogen and oxygen atoms in total. The fraction of sp³-hybridized carbons (Fsp3) is 0. The lowest BCUT2D eigenvalue weighted by Gasteiger charge is -2.05. The predicted molar refractivity (Wildman–Crippen MR) is 121 cm³/mol. The number of nitrogens with one attached hydrogen (secondary N) is 1. The van der Waals surface area contributed by atoms with Crippen LogP contribution in [0.1, 0.15) is 10.4 Å². The Kier molecular flexibility index (Phi) is 4.66. The Bertz CT molecular complexity index is 1430. The summed E-state index contributed by atoms with van der Waals surface area (Å²) in [4.78, 5) is 17.1. The van der Waals surface area contributed by atoms with Gasteiger partial charge in [0.05, 0.1) is 0 Å². The number of hydrogen-bond donors (Lipinski definition) is 1. The van der Waals surface area contributed by atoms with Crippen LogP contribution in [0.25, 0.3) is 33.3 Å². The van der Waals surface area contributed by atoms with Crippen LogP contribution >= 0.6 is 23.2 Å². The third kappa shape index (κ3) is 3.41. The van der Waals surface area contributed by atoms with Gasteiger partial charge >= 0.3 is 0 Å². The molecule has 146 valence electrons. The molecule has 30 heavy (non-hydrogen) atoms. The fourth-order valence-corrected chi connectivity index (χ4v) is 3.84. The Hall–Kier alpha value is -3.34. The molecule has 5 aromatic rings. The first kappa shape index (κ1) is 18.7. The molecule has 0 fully saturated rings. The minimum atomic E-state index is -0.246. The van der Waals surface area contributed by atoms with Crippen LogP contribution in [0.15, 0.2) is 83.3 Å². The second-order valence-electron chi connectivity index (χ2n) is 6.81. The van der Waals surface area contributed by atoms with Gasteiger partial charge in [0.2, 0.25) is 5.89 Å². The Balaban J connectivity index is 1.51. The van der Waals surface area contributed by atoms with Gasteiger partial charge < -0.3 is 9.73 Å². The SMILES string of the molecule is O=C(Nc1ccc2oc(-c3cccc4c(Cl)cccc34)nc2c1)c1cccc(Cl)c1. The van der Waals surface area contributed by atoms with Gasteiger partial charge in [-0.2, -0.15) is 0 Å². The van der Waals surface area contributed by atoms with E-state index in [9.17, 15) is 4.79 Å². The van der Waals surface area contributed by atoms with E-state index in [2.05, 4.69) is 10.3 Å². The van der Waals surface area contributed by atoms with Gasteiger partial charge in [0.1, 0.15) is 5.52 Å². The average molecular weight is 433 g/mol. The summed E-state index contributed by atoms with van der Waals surface area (Å²) in [5, 5.41) is 5.96. The van der Waals surface area contributed by atoms with E-state index in [1.165, 1.54) is 0 Å². The molecule has 4 aromatic carbocycles. The maximum atomic E-state index is 12.5. The van der Waals surface area contributed by atoms with E-state index in [0.29, 0.717) is 38.3 Å². The van der Waals surface area contributed by atoms with E-state index in [1.807, 2.05) is 36.4 Å². The van der Waals surface area contributed by atoms with Crippen LogP contribution in [0.4, 0.5) is 5.69 Å². The zero-order chi connectivity index (χ0) is 20.7. The van der Waals surface area contributed by atoms with Gasteiger partial charge in [-0.1, -0.05) is 53.5 Å². The van der Waals surface area contributed by atoms with Gasteiger partial charge in [-0.3, -0.25) is 4.79 Å². The monoisotopic (exact) mass is 432 g/mol. The molecule has 1 aromatic heterocycles. The highest BCUT2D eigenvalue weighted by Gasteiger charge is 2.14. The van der Waals surface area contributed by atoms with Crippen molar-refractivity contribution in [3.05, 3.63) is 94.5 Å². The van der Waals surface area contributed by atoms with E-state index < -0.39 is 0 Å². The van der Waals surface area contributed by atoms with Gasteiger partial charge in [-0.15, -0.1) is 0 Å². The maximum Gasteiger partial charge on any atom is 0.255 e. The number of anilines is 1. The summed E-state index contributed by atoms with van der Waals surface area (Å²) in [6.07, 6.45) is 0. The minimum Gasteiger partial charge on any atom is -0.436 e. The molecule has 0 spiro atoms. The average Bonchev–Trinajstić information content (AvgIpc) is 3.17. The number of aromatic nitrogens is 1. The Morgan fingerprint density at radius 3 is 2.53 bits per heavy atom. The van der Waals surface area contributed by atoms with E-state index in [1.54, 1.807) is 42.5 Å². The molecule has 0 aliphatic carbocycles. The largest absolute Gasteiger partial charge is 0.436 e. The van der Waals surface area contributed by atoms with Crippen molar-refractivity contribution in [1.82, 2.24) is 4.98 Å². The summed E-state index contributed by atoms with van der Waals surface area (Å²) in [6, 6.07) is 23.7. The first-order valence-electron chi connectivity index (χ1n) is 9.23. The van der Waals surface area contributed by atoms with Crippen molar-refractivity contribution in [3.63, 3.8) is 0 Å². The number of halogens is 2. The molecule has 1 heterocycles. The topological polar surface area (TPSA) is 55.1 Å². The molecule has 0 saturated carbocycles. The van der Waals surface area contributed by atoms with Gasteiger partial charge in [0.25, 0.3) is 5.91 Å². The van der Waals surface area contributed by atoms with Crippen molar-refractivity contribution < 1.29 is 9.21 Å². The number of benzene rings is 4. The molecule has 1 N–H and O–H groups in total. The third-order valence-electron chi connectivity index (χ3n) is 4.83. The van der Waals surface area contributed by atoms with Crippen LogP contribution in [-0.2, 0) is 0 Å². The standard InChI is InChI=1S/C24H14Cl2N2O2/c25-15-5-1-4-14(12-15)23(29)27-16-10-11-22-21(13-16)28-24(30-22)19-8-2-7-18-17(19)6-3-9-20(18)26/h1-13H,(H,27,29). The molecule has 0 aliphatic rings. The summed E-state index contributed by atoms with van der Waals surface area (Å²) >= 11 is 12.3. The molecule has 6 heteroatoms. The quantitative estimate of drug-likeness (QED) is 0.327. The summed E-state index contributed by atoms with van der Waals surface area (Å²) in [5.41, 5.74) is 3.23. The van der Waals surface area contributed by atoms with Gasteiger partial charge in [-0.05, 0) is 53.9 Å². The van der Waals surface area contributed by atoms with Crippen molar-refractivity contribution in [1.29, 1.82) is 0 Å². The molecule has 1 amide bonds. The summed E-state index contributed by atoms with van der Waals surface area (Å²) < 4.78 is 5.98. The molecular weight excluding hydrogens is 419 g/mol. The second-order valence-corrected chi connectivity index (χ2v) is 7.65. The Labute approximate surface area is 182 Å². The van der Waals surface area contributed by atoms with E-state index in [0.717, 1.165) is 16.3 Å². The number of nitrogens with zero attached hydrogens (tertiary/aromatic N) is 1. The number of carbonyl (C=O) groups is 1. The van der Waals surface area contributed by atoms with E-state index >= 15 is 0 Å². The molecule has 0 radical (unpaired) electrons.